The molecule has 0 fully saturated rings. The molecule has 0 aliphatic rings. The molecule has 0 heterocycles. The van der Waals surface area contributed by atoms with Crippen molar-refractivity contribution >= 4 is 11.7 Å². The van der Waals surface area contributed by atoms with Crippen LogP contribution in [0.15, 0.2) is 0 Å². The van der Waals surface area contributed by atoms with Gasteiger partial charge in [0.15, 0.2) is 0 Å². The summed E-state index contributed by atoms with van der Waals surface area (Å²) in [6.07, 6.45) is -0.0257. The predicted molar refractivity (Wildman–Crippen MR) is 38.3 cm³/mol. The van der Waals surface area contributed by atoms with Gasteiger partial charge in [-0.1, -0.05) is 13.8 Å². The lowest BCUT2D eigenvalue weighted by molar-refractivity contribution is -0.131. The van der Waals surface area contributed by atoms with Gasteiger partial charge in [-0.15, -0.1) is 4.48 Å². The molecule has 4 heteroatoms. The number of ketones is 1. The Bertz CT molecular complexity index is 157. The van der Waals surface area contributed by atoms with Crippen LogP contribution in [0.25, 0.3) is 0 Å². The maximum absolute atomic E-state index is 11.3. The number of hydrogen-bond acceptors (Lipinski definition) is 2. The fourth-order valence-corrected chi connectivity index (χ4v) is 0.740. The maximum Gasteiger partial charge on any atom is 0.255 e. The Morgan fingerprint density at radius 1 is 1.45 bits per heavy atom. The van der Waals surface area contributed by atoms with Gasteiger partial charge in [0.2, 0.25) is 0 Å². The van der Waals surface area contributed by atoms with Crippen LogP contribution in [-0.4, -0.2) is 11.7 Å². The highest BCUT2D eigenvalue weighted by Gasteiger charge is 2.09. The van der Waals surface area contributed by atoms with E-state index in [2.05, 4.69) is 0 Å². The second-order valence-corrected chi connectivity index (χ2v) is 2.83. The van der Waals surface area contributed by atoms with Crippen molar-refractivity contribution in [1.82, 2.24) is 5.54 Å². The number of amides is 1. The molecule has 0 atom stereocenters. The van der Waals surface area contributed by atoms with Gasteiger partial charge in [0, 0.05) is 6.42 Å². The van der Waals surface area contributed by atoms with Crippen molar-refractivity contribution in [2.45, 2.75) is 26.7 Å². The first-order valence-corrected chi connectivity index (χ1v) is 3.47. The third-order valence-corrected chi connectivity index (χ3v) is 1.10. The van der Waals surface area contributed by atoms with Crippen LogP contribution in [0.3, 0.4) is 0 Å². The third-order valence-electron chi connectivity index (χ3n) is 1.10. The number of rotatable bonds is 4. The van der Waals surface area contributed by atoms with E-state index < -0.39 is 5.91 Å². The molecule has 0 aromatic rings. The van der Waals surface area contributed by atoms with E-state index >= 15 is 0 Å². The summed E-state index contributed by atoms with van der Waals surface area (Å²) in [6, 6.07) is 0. The Hall–Kier alpha value is -0.930. The van der Waals surface area contributed by atoms with Gasteiger partial charge >= 0.3 is 0 Å². The predicted octanol–water partition coefficient (Wildman–Crippen LogP) is 0.992. The number of Topliss-reactive ketones (excluding diaryl/α,β-unsaturated/α-hetero) is 1. The molecule has 0 aromatic carbocycles. The normalized spacial score (nSPS) is 9.82. The molecule has 3 nitrogen and oxygen atoms in total. The van der Waals surface area contributed by atoms with Gasteiger partial charge in [0.25, 0.3) is 5.91 Å². The minimum atomic E-state index is -0.865. The Kier molecular flexibility index (Phi) is 4.41. The standard InChI is InChI=1S/C7H12FNO2/c1-5(2)3-6(10)4-7(11)9-8/h5H,3-4H2,1-2H3,(H,9,11). The summed E-state index contributed by atoms with van der Waals surface area (Å²) in [5.74, 6) is -0.874. The first-order valence-electron chi connectivity index (χ1n) is 3.47. The molecule has 0 rings (SSSR count). The van der Waals surface area contributed by atoms with Crippen molar-refractivity contribution in [3.05, 3.63) is 0 Å². The first kappa shape index (κ1) is 10.1. The van der Waals surface area contributed by atoms with Gasteiger partial charge in [-0.3, -0.25) is 9.59 Å². The quantitative estimate of drug-likeness (QED) is 0.493. The van der Waals surface area contributed by atoms with Gasteiger partial charge in [0.05, 0.1) is 6.42 Å². The summed E-state index contributed by atoms with van der Waals surface area (Å²) < 4.78 is 11.3. The van der Waals surface area contributed by atoms with Crippen molar-refractivity contribution in [3.8, 4) is 0 Å². The molecule has 0 saturated heterocycles. The average Bonchev–Trinajstić information content (AvgIpc) is 1.85. The highest BCUT2D eigenvalue weighted by atomic mass is 19.2. The molecule has 0 aliphatic carbocycles. The summed E-state index contributed by atoms with van der Waals surface area (Å²) in [6.45, 7) is 3.73. The Labute approximate surface area is 64.9 Å². The molecule has 0 aliphatic heterocycles. The van der Waals surface area contributed by atoms with E-state index in [-0.39, 0.29) is 18.1 Å². The number of hydrogen-bond donors (Lipinski definition) is 1. The van der Waals surface area contributed by atoms with E-state index in [1.807, 2.05) is 13.8 Å². The fraction of sp³-hybridized carbons (Fsp3) is 0.714. The summed E-state index contributed by atoms with van der Waals surface area (Å²) in [4.78, 5) is 21.1. The molecular weight excluding hydrogens is 149 g/mol. The first-order chi connectivity index (χ1) is 5.06. The minimum absolute atomic E-state index is 0.218. The SMILES string of the molecule is CC(C)CC(=O)CC(=O)NF. The highest BCUT2D eigenvalue weighted by Crippen LogP contribution is 2.02. The van der Waals surface area contributed by atoms with Crippen molar-refractivity contribution in [3.63, 3.8) is 0 Å². The highest BCUT2D eigenvalue weighted by molar-refractivity contribution is 5.97. The number of carbonyl (C=O) groups excluding carboxylic acids is 2. The molecule has 0 spiro atoms. The summed E-state index contributed by atoms with van der Waals surface area (Å²) >= 11 is 0. The number of carbonyl (C=O) groups is 2. The topological polar surface area (TPSA) is 46.2 Å². The lowest BCUT2D eigenvalue weighted by Crippen LogP contribution is -2.18. The van der Waals surface area contributed by atoms with Gasteiger partial charge in [-0.2, -0.15) is 5.54 Å². The summed E-state index contributed by atoms with van der Waals surface area (Å²) in [5, 5.41) is 0. The van der Waals surface area contributed by atoms with Crippen LogP contribution < -0.4 is 5.54 Å². The second kappa shape index (κ2) is 4.82. The average molecular weight is 161 g/mol. The van der Waals surface area contributed by atoms with E-state index in [1.165, 1.54) is 0 Å². The smallest absolute Gasteiger partial charge is 0.255 e. The monoisotopic (exact) mass is 161 g/mol. The van der Waals surface area contributed by atoms with Gasteiger partial charge in [0.1, 0.15) is 5.78 Å². The molecular formula is C7H12FNO2. The van der Waals surface area contributed by atoms with Crippen molar-refractivity contribution in [1.29, 1.82) is 0 Å². The summed E-state index contributed by atoms with van der Waals surface area (Å²) in [5.41, 5.74) is 0.909. The van der Waals surface area contributed by atoms with Crippen LogP contribution in [0.1, 0.15) is 26.7 Å². The Balaban J connectivity index is 3.61. The lowest BCUT2D eigenvalue weighted by Gasteiger charge is -2.00. The Morgan fingerprint density at radius 2 is 2.00 bits per heavy atom. The van der Waals surface area contributed by atoms with Crippen molar-refractivity contribution in [2.24, 2.45) is 5.92 Å². The van der Waals surface area contributed by atoms with Crippen LogP contribution in [0, 0.1) is 5.92 Å². The lowest BCUT2D eigenvalue weighted by atomic mass is 10.1. The van der Waals surface area contributed by atoms with Crippen molar-refractivity contribution in [2.75, 3.05) is 0 Å². The van der Waals surface area contributed by atoms with E-state index in [0.29, 0.717) is 6.42 Å². The van der Waals surface area contributed by atoms with Crippen LogP contribution in [0.2, 0.25) is 0 Å². The van der Waals surface area contributed by atoms with Crippen LogP contribution >= 0.6 is 0 Å². The summed E-state index contributed by atoms with van der Waals surface area (Å²) in [7, 11) is 0. The van der Waals surface area contributed by atoms with E-state index in [0.717, 1.165) is 5.54 Å². The Morgan fingerprint density at radius 3 is 2.36 bits per heavy atom. The molecule has 11 heavy (non-hydrogen) atoms. The van der Waals surface area contributed by atoms with Crippen molar-refractivity contribution < 1.29 is 14.1 Å². The molecule has 1 N–H and O–H groups in total. The number of halogens is 1. The zero-order chi connectivity index (χ0) is 8.85. The molecule has 64 valence electrons. The van der Waals surface area contributed by atoms with Crippen LogP contribution in [0.4, 0.5) is 4.48 Å². The van der Waals surface area contributed by atoms with Gasteiger partial charge in [-0.25, -0.2) is 0 Å². The minimum Gasteiger partial charge on any atom is -0.299 e. The second-order valence-electron chi connectivity index (χ2n) is 2.83. The zero-order valence-electron chi connectivity index (χ0n) is 6.69. The largest absolute Gasteiger partial charge is 0.299 e. The molecule has 0 aromatic heterocycles. The van der Waals surface area contributed by atoms with E-state index in [4.69, 9.17) is 0 Å². The number of nitrogens with one attached hydrogen (secondary N) is 1. The zero-order valence-corrected chi connectivity index (χ0v) is 6.69. The molecule has 1 amide bonds. The molecule has 0 unspecified atom stereocenters. The molecule has 0 saturated carbocycles. The van der Waals surface area contributed by atoms with Crippen LogP contribution in [-0.2, 0) is 9.59 Å². The van der Waals surface area contributed by atoms with Gasteiger partial charge in [-0.05, 0) is 5.92 Å². The van der Waals surface area contributed by atoms with Crippen LogP contribution in [0.5, 0.6) is 0 Å². The molecule has 0 bridgehead atoms. The fourth-order valence-electron chi connectivity index (χ4n) is 0.740. The third kappa shape index (κ3) is 5.51. The molecule has 0 radical (unpaired) electrons. The van der Waals surface area contributed by atoms with Gasteiger partial charge < -0.3 is 0 Å². The maximum atomic E-state index is 11.3. The van der Waals surface area contributed by atoms with E-state index in [9.17, 15) is 14.1 Å². The van der Waals surface area contributed by atoms with E-state index in [1.54, 1.807) is 0 Å².